The Morgan fingerprint density at radius 3 is 3.21 bits per heavy atom. The van der Waals surface area contributed by atoms with Gasteiger partial charge in [-0.15, -0.1) is 0 Å². The Balaban J connectivity index is 2.59. The number of H-pyrrole nitrogens is 1. The first kappa shape index (κ1) is 9.12. The van der Waals surface area contributed by atoms with Gasteiger partial charge in [-0.1, -0.05) is 18.2 Å². The van der Waals surface area contributed by atoms with E-state index >= 15 is 0 Å². The molecule has 2 aromatic rings. The van der Waals surface area contributed by atoms with E-state index < -0.39 is 0 Å². The van der Waals surface area contributed by atoms with Crippen molar-refractivity contribution in [3.8, 4) is 0 Å². The Morgan fingerprint density at radius 1 is 1.57 bits per heavy atom. The molecule has 0 radical (unpaired) electrons. The second kappa shape index (κ2) is 3.74. The number of hydrogen-bond acceptors (Lipinski definition) is 3. The number of rotatable bonds is 2. The summed E-state index contributed by atoms with van der Waals surface area (Å²) in [6.45, 7) is 0.318. The molecule has 0 spiro atoms. The number of fused-ring (bicyclic) bond motifs is 1. The van der Waals surface area contributed by atoms with E-state index in [1.54, 1.807) is 0 Å². The van der Waals surface area contributed by atoms with Crippen molar-refractivity contribution < 1.29 is 4.79 Å². The molecule has 0 fully saturated rings. The minimum Gasteiger partial charge on any atom is -0.270 e. The Bertz CT molecular complexity index is 514. The molecule has 0 aliphatic heterocycles. The van der Waals surface area contributed by atoms with E-state index in [0.717, 1.165) is 21.1 Å². The van der Waals surface area contributed by atoms with Crippen molar-refractivity contribution in [3.63, 3.8) is 0 Å². The summed E-state index contributed by atoms with van der Waals surface area (Å²) in [5.74, 6) is 0. The summed E-state index contributed by atoms with van der Waals surface area (Å²) >= 11 is 3.34. The van der Waals surface area contributed by atoms with Crippen LogP contribution < -0.4 is 0 Å². The molecule has 0 aliphatic carbocycles. The van der Waals surface area contributed by atoms with Crippen LogP contribution >= 0.6 is 15.9 Å². The van der Waals surface area contributed by atoms with Crippen LogP contribution in [-0.2, 0) is 11.3 Å². The van der Waals surface area contributed by atoms with Gasteiger partial charge in [-0.2, -0.15) is 5.10 Å². The van der Waals surface area contributed by atoms with Gasteiger partial charge in [0, 0.05) is 10.9 Å². The molecule has 70 valence electrons. The summed E-state index contributed by atoms with van der Waals surface area (Å²) in [7, 11) is 0. The average molecular weight is 252 g/mol. The first-order valence-corrected chi connectivity index (χ1v) is 4.77. The molecule has 0 saturated heterocycles. The molecule has 1 heterocycles. The zero-order chi connectivity index (χ0) is 9.97. The molecule has 0 atom stereocenters. The van der Waals surface area contributed by atoms with Crippen LogP contribution in [0.3, 0.4) is 0 Å². The standard InChI is InChI=1S/C9H6BrN3O/c10-9-7-3-1-2-6(4-11-5-14)8(7)12-13-9/h1-3H,4H2,(H,12,13). The van der Waals surface area contributed by atoms with Crippen molar-refractivity contribution in [3.05, 3.63) is 28.4 Å². The highest BCUT2D eigenvalue weighted by molar-refractivity contribution is 9.10. The van der Waals surface area contributed by atoms with Crippen LogP contribution in [0, 0.1) is 0 Å². The Hall–Kier alpha value is -1.45. The average Bonchev–Trinajstić information content (AvgIpc) is 2.58. The van der Waals surface area contributed by atoms with Crippen molar-refractivity contribution in [1.82, 2.24) is 10.2 Å². The summed E-state index contributed by atoms with van der Waals surface area (Å²) in [6.07, 6.45) is 1.51. The summed E-state index contributed by atoms with van der Waals surface area (Å²) in [4.78, 5) is 13.5. The lowest BCUT2D eigenvalue weighted by molar-refractivity contribution is 0.563. The van der Waals surface area contributed by atoms with Gasteiger partial charge in [-0.25, -0.2) is 9.79 Å². The topological polar surface area (TPSA) is 58.1 Å². The molecule has 4 nitrogen and oxygen atoms in total. The van der Waals surface area contributed by atoms with Crippen LogP contribution in [0.15, 0.2) is 27.8 Å². The van der Waals surface area contributed by atoms with Gasteiger partial charge in [-0.05, 0) is 15.9 Å². The van der Waals surface area contributed by atoms with Crippen molar-refractivity contribution in [2.24, 2.45) is 4.99 Å². The van der Waals surface area contributed by atoms with Gasteiger partial charge in [0.15, 0.2) is 0 Å². The van der Waals surface area contributed by atoms with E-state index in [2.05, 4.69) is 31.1 Å². The lowest BCUT2D eigenvalue weighted by Crippen LogP contribution is -1.83. The molecule has 0 amide bonds. The Kier molecular flexibility index (Phi) is 2.43. The summed E-state index contributed by atoms with van der Waals surface area (Å²) in [6, 6.07) is 5.73. The van der Waals surface area contributed by atoms with Crippen LogP contribution in [0.4, 0.5) is 0 Å². The van der Waals surface area contributed by atoms with E-state index in [9.17, 15) is 4.79 Å². The zero-order valence-corrected chi connectivity index (χ0v) is 8.71. The minimum absolute atomic E-state index is 0.318. The third-order valence-corrected chi connectivity index (χ3v) is 2.54. The highest BCUT2D eigenvalue weighted by Gasteiger charge is 2.05. The van der Waals surface area contributed by atoms with Crippen LogP contribution in [0.1, 0.15) is 5.56 Å². The molecule has 1 aromatic heterocycles. The molecule has 0 saturated carbocycles. The Labute approximate surface area is 88.2 Å². The minimum atomic E-state index is 0.318. The van der Waals surface area contributed by atoms with Crippen LogP contribution in [0.2, 0.25) is 0 Å². The number of halogens is 1. The van der Waals surface area contributed by atoms with E-state index in [1.165, 1.54) is 6.08 Å². The number of nitrogens with one attached hydrogen (secondary N) is 1. The van der Waals surface area contributed by atoms with Gasteiger partial charge >= 0.3 is 0 Å². The maximum Gasteiger partial charge on any atom is 0.235 e. The largest absolute Gasteiger partial charge is 0.270 e. The van der Waals surface area contributed by atoms with E-state index in [1.807, 2.05) is 18.2 Å². The fourth-order valence-electron chi connectivity index (χ4n) is 1.31. The number of aliphatic imine (C=N–C) groups is 1. The van der Waals surface area contributed by atoms with Gasteiger partial charge in [-0.3, -0.25) is 5.10 Å². The number of para-hydroxylation sites is 1. The predicted octanol–water partition coefficient (Wildman–Crippen LogP) is 2.16. The molecule has 1 aromatic carbocycles. The second-order valence-electron chi connectivity index (χ2n) is 2.76. The monoisotopic (exact) mass is 251 g/mol. The molecule has 0 bridgehead atoms. The fraction of sp³-hybridized carbons (Fsp3) is 0.111. The molecular weight excluding hydrogens is 246 g/mol. The lowest BCUT2D eigenvalue weighted by Gasteiger charge is -1.95. The number of aromatic nitrogens is 2. The highest BCUT2D eigenvalue weighted by Crippen LogP contribution is 2.23. The first-order valence-electron chi connectivity index (χ1n) is 3.98. The summed E-state index contributed by atoms with van der Waals surface area (Å²) in [5, 5.41) is 7.92. The van der Waals surface area contributed by atoms with Gasteiger partial charge in [0.2, 0.25) is 6.08 Å². The van der Waals surface area contributed by atoms with Gasteiger partial charge in [0.05, 0.1) is 12.1 Å². The third-order valence-electron chi connectivity index (χ3n) is 1.94. The second-order valence-corrected chi connectivity index (χ2v) is 3.55. The lowest BCUT2D eigenvalue weighted by atomic mass is 10.1. The quantitative estimate of drug-likeness (QED) is 0.657. The molecule has 0 aliphatic rings. The molecule has 1 N–H and O–H groups in total. The fourth-order valence-corrected chi connectivity index (χ4v) is 1.72. The first-order chi connectivity index (χ1) is 6.83. The van der Waals surface area contributed by atoms with Crippen molar-refractivity contribution in [2.45, 2.75) is 6.54 Å². The normalized spacial score (nSPS) is 10.1. The third kappa shape index (κ3) is 1.47. The van der Waals surface area contributed by atoms with Crippen LogP contribution in [0.25, 0.3) is 10.9 Å². The smallest absolute Gasteiger partial charge is 0.235 e. The molecule has 5 heteroatoms. The number of benzene rings is 1. The number of isocyanates is 1. The number of nitrogens with zero attached hydrogens (tertiary/aromatic N) is 2. The maximum absolute atomic E-state index is 9.99. The molecular formula is C9H6BrN3O. The number of carbonyl (C=O) groups excluding carboxylic acids is 1. The van der Waals surface area contributed by atoms with Gasteiger partial charge in [0.25, 0.3) is 0 Å². The summed E-state index contributed by atoms with van der Waals surface area (Å²) < 4.78 is 0.837. The van der Waals surface area contributed by atoms with Gasteiger partial charge < -0.3 is 0 Å². The zero-order valence-electron chi connectivity index (χ0n) is 7.12. The van der Waals surface area contributed by atoms with Crippen molar-refractivity contribution >= 4 is 32.9 Å². The highest BCUT2D eigenvalue weighted by atomic mass is 79.9. The number of aromatic amines is 1. The molecule has 14 heavy (non-hydrogen) atoms. The summed E-state index contributed by atoms with van der Waals surface area (Å²) in [5.41, 5.74) is 1.74. The van der Waals surface area contributed by atoms with Crippen molar-refractivity contribution in [1.29, 1.82) is 0 Å². The molecule has 2 rings (SSSR count). The van der Waals surface area contributed by atoms with Gasteiger partial charge in [0.1, 0.15) is 4.60 Å². The number of hydrogen-bond donors (Lipinski definition) is 1. The van der Waals surface area contributed by atoms with E-state index in [-0.39, 0.29) is 0 Å². The van der Waals surface area contributed by atoms with Crippen LogP contribution in [-0.4, -0.2) is 16.3 Å². The molecule has 0 unspecified atom stereocenters. The van der Waals surface area contributed by atoms with Crippen LogP contribution in [0.5, 0.6) is 0 Å². The van der Waals surface area contributed by atoms with E-state index in [0.29, 0.717) is 6.54 Å². The SMILES string of the molecule is O=C=NCc1cccc2c(Br)[nH]nc12. The predicted molar refractivity (Wildman–Crippen MR) is 55.6 cm³/mol. The Morgan fingerprint density at radius 2 is 2.43 bits per heavy atom. The van der Waals surface area contributed by atoms with E-state index in [4.69, 9.17) is 0 Å². The van der Waals surface area contributed by atoms with Crippen molar-refractivity contribution in [2.75, 3.05) is 0 Å². The maximum atomic E-state index is 9.99.